The lowest BCUT2D eigenvalue weighted by atomic mass is 10.0. The van der Waals surface area contributed by atoms with Gasteiger partial charge in [-0.2, -0.15) is 46.7 Å². The molecule has 0 unspecified atom stereocenters. The van der Waals surface area contributed by atoms with E-state index in [0.717, 1.165) is 12.1 Å². The second-order valence-corrected chi connectivity index (χ2v) is 15.6. The summed E-state index contributed by atoms with van der Waals surface area (Å²) in [5, 5.41) is 31.7. The Morgan fingerprint density at radius 3 is 1.18 bits per heavy atom. The van der Waals surface area contributed by atoms with Crippen molar-refractivity contribution >= 4 is 78.7 Å². The van der Waals surface area contributed by atoms with E-state index < -0.39 is 30.0 Å². The number of aromatic nitrogens is 6. The van der Waals surface area contributed by atoms with Gasteiger partial charge in [0.1, 0.15) is 9.79 Å². The van der Waals surface area contributed by atoms with Gasteiger partial charge in [0.25, 0.3) is 20.2 Å². The second-order valence-electron chi connectivity index (χ2n) is 12.8. The average Bonchev–Trinajstić information content (AvgIpc) is 3.22. The molecule has 0 saturated carbocycles. The zero-order valence-corrected chi connectivity index (χ0v) is 33.7. The molecule has 0 spiro atoms. The third-order valence-corrected chi connectivity index (χ3v) is 10.3. The van der Waals surface area contributed by atoms with Crippen molar-refractivity contribution in [2.75, 3.05) is 71.5 Å². The van der Waals surface area contributed by atoms with Crippen molar-refractivity contribution < 1.29 is 36.2 Å². The lowest BCUT2D eigenvalue weighted by molar-refractivity contribution is 0.303. The number of hydrogen-bond acceptors (Lipinski definition) is 18. The van der Waals surface area contributed by atoms with Crippen LogP contribution in [0, 0.1) is 0 Å². The molecule has 20 nitrogen and oxygen atoms in total. The molecule has 0 aliphatic heterocycles. The van der Waals surface area contributed by atoms with E-state index in [1.165, 1.54) is 46.2 Å². The van der Waals surface area contributed by atoms with Crippen LogP contribution in [-0.4, -0.2) is 106 Å². The minimum absolute atomic E-state index is 0.0133. The molecule has 0 aliphatic rings. The number of aliphatic hydroxyl groups excluding tert-OH is 2. The Morgan fingerprint density at radius 2 is 0.833 bits per heavy atom. The molecule has 312 valence electrons. The first-order valence-electron chi connectivity index (χ1n) is 18.0. The van der Waals surface area contributed by atoms with Crippen LogP contribution in [0.5, 0.6) is 0 Å². The molecule has 8 N–H and O–H groups in total. The summed E-state index contributed by atoms with van der Waals surface area (Å²) < 4.78 is 73.2. The van der Waals surface area contributed by atoms with Gasteiger partial charge in [-0.1, -0.05) is 72.8 Å². The summed E-state index contributed by atoms with van der Waals surface area (Å²) in [5.41, 5.74) is 0.249. The number of likely N-dealkylation sites (N-methyl/N-ethyl adjacent to an activating group) is 2. The van der Waals surface area contributed by atoms with E-state index in [1.54, 1.807) is 62.6 Å². The fourth-order valence-corrected chi connectivity index (χ4v) is 7.04. The molecule has 0 bridgehead atoms. The van der Waals surface area contributed by atoms with Gasteiger partial charge in [0.15, 0.2) is 0 Å². The zero-order valence-electron chi connectivity index (χ0n) is 32.0. The van der Waals surface area contributed by atoms with E-state index in [2.05, 4.69) is 51.2 Å². The standard InChI is InChI=1S/C38H40N12O8S2/c1-49(21-23-51)37-45-33(39-25-13-5-3-6-14-25)43-35(47-37)41-31(27-17-9-11-19-29(27)59(53,54)55)32(28-18-10-12-20-30(28)60(56,57)58)42-36-44-34(40-26-15-7-4-8-16-26)46-38(48-36)50(2)22-24-52/h3-20,51-52H,21-24H2,1-2H3,(H,53,54,55)(H,56,57,58)(H2,39,41,43,45,47)(H2,40,42,44,46,48). The van der Waals surface area contributed by atoms with Crippen molar-refractivity contribution in [2.45, 2.75) is 9.79 Å². The lowest BCUT2D eigenvalue weighted by Gasteiger charge is -2.23. The Balaban J connectivity index is 1.67. The topological polar surface area (TPSA) is 281 Å². The third kappa shape index (κ3) is 10.8. The van der Waals surface area contributed by atoms with Gasteiger partial charge in [0.2, 0.25) is 35.7 Å². The van der Waals surface area contributed by atoms with Gasteiger partial charge >= 0.3 is 0 Å². The maximum absolute atomic E-state index is 13.0. The molecule has 0 fully saturated rings. The van der Waals surface area contributed by atoms with Crippen molar-refractivity contribution in [1.29, 1.82) is 0 Å². The molecule has 6 rings (SSSR count). The quantitative estimate of drug-likeness (QED) is 0.0449. The highest BCUT2D eigenvalue weighted by Crippen LogP contribution is 2.35. The van der Waals surface area contributed by atoms with E-state index in [4.69, 9.17) is 0 Å². The Kier molecular flexibility index (Phi) is 13.4. The molecule has 6 aromatic rings. The summed E-state index contributed by atoms with van der Waals surface area (Å²) in [7, 11) is -6.75. The predicted octanol–water partition coefficient (Wildman–Crippen LogP) is 3.94. The maximum Gasteiger partial charge on any atom is 0.295 e. The highest BCUT2D eigenvalue weighted by atomic mass is 32.2. The normalized spacial score (nSPS) is 12.0. The molecule has 2 heterocycles. The van der Waals surface area contributed by atoms with Crippen molar-refractivity contribution in [3.05, 3.63) is 120 Å². The number of para-hydroxylation sites is 2. The summed E-state index contributed by atoms with van der Waals surface area (Å²) in [6.45, 7) is -0.323. The highest BCUT2D eigenvalue weighted by molar-refractivity contribution is 7.86. The summed E-state index contributed by atoms with van der Waals surface area (Å²) in [6, 6.07) is 28.4. The van der Waals surface area contributed by atoms with Gasteiger partial charge in [0, 0.05) is 49.7 Å². The Bertz CT molecular complexity index is 2510. The molecule has 0 radical (unpaired) electrons. The fraction of sp³-hybridized carbons (Fsp3) is 0.158. The van der Waals surface area contributed by atoms with Gasteiger partial charge < -0.3 is 41.3 Å². The Labute approximate surface area is 345 Å². The monoisotopic (exact) mass is 856 g/mol. The van der Waals surface area contributed by atoms with Crippen LogP contribution in [0.3, 0.4) is 0 Å². The third-order valence-electron chi connectivity index (χ3n) is 8.45. The van der Waals surface area contributed by atoms with Crippen LogP contribution in [-0.2, 0) is 20.2 Å². The summed E-state index contributed by atoms with van der Waals surface area (Å²) in [4.78, 5) is 29.0. The fourth-order valence-electron chi connectivity index (χ4n) is 5.64. The van der Waals surface area contributed by atoms with Crippen molar-refractivity contribution in [3.8, 4) is 0 Å². The van der Waals surface area contributed by atoms with E-state index in [0.29, 0.717) is 11.4 Å². The maximum atomic E-state index is 13.0. The second kappa shape index (κ2) is 18.8. The van der Waals surface area contributed by atoms with E-state index in [1.807, 2.05) is 12.1 Å². The van der Waals surface area contributed by atoms with E-state index in [-0.39, 0.29) is 84.5 Å². The molecular weight excluding hydrogens is 817 g/mol. The molecule has 0 atom stereocenters. The predicted molar refractivity (Wildman–Crippen MR) is 226 cm³/mol. The van der Waals surface area contributed by atoms with Crippen LogP contribution in [0.4, 0.5) is 47.1 Å². The van der Waals surface area contributed by atoms with Gasteiger partial charge in [-0.05, 0) is 36.4 Å². The summed E-state index contributed by atoms with van der Waals surface area (Å²) in [5.74, 6) is -0.310. The summed E-state index contributed by atoms with van der Waals surface area (Å²) >= 11 is 0. The van der Waals surface area contributed by atoms with Crippen molar-refractivity contribution in [1.82, 2.24) is 29.9 Å². The van der Waals surface area contributed by atoms with E-state index >= 15 is 0 Å². The largest absolute Gasteiger partial charge is 0.395 e. The van der Waals surface area contributed by atoms with Crippen molar-refractivity contribution in [3.63, 3.8) is 0 Å². The molecule has 2 aromatic heterocycles. The van der Waals surface area contributed by atoms with Gasteiger partial charge in [-0.15, -0.1) is 0 Å². The highest BCUT2D eigenvalue weighted by Gasteiger charge is 2.27. The number of benzene rings is 4. The molecule has 4 aromatic carbocycles. The van der Waals surface area contributed by atoms with Gasteiger partial charge in [0.05, 0.1) is 24.6 Å². The zero-order chi connectivity index (χ0) is 42.9. The Morgan fingerprint density at radius 1 is 0.500 bits per heavy atom. The van der Waals surface area contributed by atoms with Crippen LogP contribution < -0.4 is 31.1 Å². The molecule has 0 aliphatic carbocycles. The molecule has 0 saturated heterocycles. The van der Waals surface area contributed by atoms with Crippen LogP contribution in [0.2, 0.25) is 0 Å². The van der Waals surface area contributed by atoms with Gasteiger partial charge in [-0.25, -0.2) is 0 Å². The first-order chi connectivity index (χ1) is 28.7. The number of aliphatic hydroxyl groups is 2. The smallest absolute Gasteiger partial charge is 0.295 e. The minimum Gasteiger partial charge on any atom is -0.395 e. The van der Waals surface area contributed by atoms with Crippen LogP contribution in [0.25, 0.3) is 11.4 Å². The van der Waals surface area contributed by atoms with Gasteiger partial charge in [-0.3, -0.25) is 9.11 Å². The van der Waals surface area contributed by atoms with Crippen LogP contribution >= 0.6 is 0 Å². The minimum atomic E-state index is -4.99. The lowest BCUT2D eigenvalue weighted by Crippen LogP contribution is -2.25. The Hall–Kier alpha value is -6.82. The first kappa shape index (κ1) is 42.8. The first-order valence-corrected chi connectivity index (χ1v) is 20.8. The van der Waals surface area contributed by atoms with Crippen molar-refractivity contribution in [2.24, 2.45) is 0 Å². The number of rotatable bonds is 18. The molecular formula is C38H40N12O8S2. The number of nitrogens with one attached hydrogen (secondary N) is 4. The number of anilines is 8. The molecule has 22 heteroatoms. The summed E-state index contributed by atoms with van der Waals surface area (Å²) in [6.07, 6.45) is 0. The SMILES string of the molecule is CN(CCO)c1nc(NC(=C(Nc2nc(Nc3ccccc3)nc(N(C)CCO)n2)c2ccccc2S(=O)(=O)O)c2ccccc2S(=O)(=O)O)nc(Nc2ccccc2)n1. The number of hydrogen-bond donors (Lipinski definition) is 8. The average molecular weight is 857 g/mol. The molecule has 60 heavy (non-hydrogen) atoms. The molecule has 0 amide bonds. The van der Waals surface area contributed by atoms with E-state index in [9.17, 15) is 36.2 Å². The van der Waals surface area contributed by atoms with Crippen LogP contribution in [0.15, 0.2) is 119 Å². The van der Waals surface area contributed by atoms with Crippen LogP contribution in [0.1, 0.15) is 11.1 Å². The number of nitrogens with zero attached hydrogens (tertiary/aromatic N) is 8.